The maximum atomic E-state index is 12.5. The molecule has 0 saturated carbocycles. The van der Waals surface area contributed by atoms with Gasteiger partial charge < -0.3 is 9.88 Å². The molecule has 1 unspecified atom stereocenters. The summed E-state index contributed by atoms with van der Waals surface area (Å²) in [5.41, 5.74) is 2.45. The molecule has 2 aliphatic rings. The maximum absolute atomic E-state index is 12.5. The minimum absolute atomic E-state index is 0.0631. The molecule has 1 aliphatic heterocycles. The van der Waals surface area contributed by atoms with E-state index in [0.717, 1.165) is 43.1 Å². The lowest BCUT2D eigenvalue weighted by molar-refractivity contribution is -0.125. The van der Waals surface area contributed by atoms with E-state index in [1.807, 2.05) is 13.1 Å². The van der Waals surface area contributed by atoms with Crippen molar-refractivity contribution in [3.8, 4) is 0 Å². The molecule has 2 aromatic rings. The number of hydrogen-bond donors (Lipinski definition) is 1. The standard InChI is InChI=1S/C17H22N4OS/c1-11-18-9-13-8-12(6-7-21(11)13)17(22)19-10-16-20-14-4-2-3-5-15(14)23-16/h9,12H,2-8,10H2,1H3,(H,19,22). The largest absolute Gasteiger partial charge is 0.349 e. The lowest BCUT2D eigenvalue weighted by Crippen LogP contribution is -2.35. The van der Waals surface area contributed by atoms with Crippen LogP contribution in [0.5, 0.6) is 0 Å². The highest BCUT2D eigenvalue weighted by Crippen LogP contribution is 2.27. The Morgan fingerprint density at radius 3 is 3.17 bits per heavy atom. The van der Waals surface area contributed by atoms with Gasteiger partial charge in [0.2, 0.25) is 5.91 Å². The second-order valence-electron chi connectivity index (χ2n) is 6.54. The van der Waals surface area contributed by atoms with Crippen molar-refractivity contribution in [2.24, 2.45) is 5.92 Å². The van der Waals surface area contributed by atoms with Gasteiger partial charge in [-0.1, -0.05) is 0 Å². The Balaban J connectivity index is 1.36. The molecule has 6 heteroatoms. The summed E-state index contributed by atoms with van der Waals surface area (Å²) in [5, 5.41) is 4.15. The number of carbonyl (C=O) groups excluding carboxylic acids is 1. The summed E-state index contributed by atoms with van der Waals surface area (Å²) in [6.45, 7) is 3.49. The van der Waals surface area contributed by atoms with Crippen molar-refractivity contribution in [1.29, 1.82) is 0 Å². The van der Waals surface area contributed by atoms with Gasteiger partial charge in [0.15, 0.2) is 0 Å². The van der Waals surface area contributed by atoms with Crippen molar-refractivity contribution in [3.05, 3.63) is 33.3 Å². The van der Waals surface area contributed by atoms with Crippen LogP contribution in [0.3, 0.4) is 0 Å². The van der Waals surface area contributed by atoms with Crippen molar-refractivity contribution < 1.29 is 4.79 Å². The molecule has 0 aromatic carbocycles. The van der Waals surface area contributed by atoms with Gasteiger partial charge in [0.25, 0.3) is 0 Å². The molecule has 1 N–H and O–H groups in total. The quantitative estimate of drug-likeness (QED) is 0.940. The van der Waals surface area contributed by atoms with Crippen LogP contribution < -0.4 is 5.32 Å². The second-order valence-corrected chi connectivity index (χ2v) is 7.71. The third-order valence-corrected chi connectivity index (χ3v) is 6.13. The minimum atomic E-state index is 0.0631. The molecule has 1 amide bonds. The third kappa shape index (κ3) is 2.92. The van der Waals surface area contributed by atoms with Crippen LogP contribution in [-0.4, -0.2) is 20.4 Å². The summed E-state index contributed by atoms with van der Waals surface area (Å²) in [6, 6.07) is 0. The van der Waals surface area contributed by atoms with Gasteiger partial charge in [-0.05, 0) is 39.0 Å². The average molecular weight is 330 g/mol. The topological polar surface area (TPSA) is 59.8 Å². The molecular formula is C17H22N4OS. The van der Waals surface area contributed by atoms with Gasteiger partial charge in [-0.15, -0.1) is 11.3 Å². The molecule has 4 rings (SSSR count). The van der Waals surface area contributed by atoms with Gasteiger partial charge in [0.1, 0.15) is 10.8 Å². The van der Waals surface area contributed by atoms with Crippen LogP contribution in [0.1, 0.15) is 46.4 Å². The Bertz CT molecular complexity index is 710. The number of hydrogen-bond acceptors (Lipinski definition) is 4. The number of aromatic nitrogens is 3. The molecule has 0 bridgehead atoms. The van der Waals surface area contributed by atoms with Crippen LogP contribution in [0.2, 0.25) is 0 Å². The van der Waals surface area contributed by atoms with Crippen molar-refractivity contribution in [2.75, 3.05) is 0 Å². The van der Waals surface area contributed by atoms with Gasteiger partial charge in [-0.2, -0.15) is 0 Å². The SMILES string of the molecule is Cc1ncc2n1CCC(C(=O)NCc1nc3c(s1)CCCC3)C2. The Hall–Kier alpha value is -1.69. The normalized spacial score (nSPS) is 20.0. The fourth-order valence-electron chi connectivity index (χ4n) is 3.63. The summed E-state index contributed by atoms with van der Waals surface area (Å²) in [4.78, 5) is 22.9. The number of carbonyl (C=O) groups is 1. The molecule has 0 radical (unpaired) electrons. The molecule has 1 atom stereocenters. The zero-order chi connectivity index (χ0) is 15.8. The summed E-state index contributed by atoms with van der Waals surface area (Å²) >= 11 is 1.78. The molecule has 122 valence electrons. The highest BCUT2D eigenvalue weighted by Gasteiger charge is 2.26. The molecule has 2 aromatic heterocycles. The van der Waals surface area contributed by atoms with E-state index in [9.17, 15) is 4.79 Å². The van der Waals surface area contributed by atoms with Crippen LogP contribution in [-0.2, 0) is 37.1 Å². The number of fused-ring (bicyclic) bond motifs is 2. The number of nitrogens with one attached hydrogen (secondary N) is 1. The van der Waals surface area contributed by atoms with Crippen LogP contribution in [0.25, 0.3) is 0 Å². The van der Waals surface area contributed by atoms with E-state index in [1.165, 1.54) is 29.1 Å². The summed E-state index contributed by atoms with van der Waals surface area (Å²) in [7, 11) is 0. The van der Waals surface area contributed by atoms with E-state index in [4.69, 9.17) is 4.98 Å². The average Bonchev–Trinajstić information content (AvgIpc) is 3.15. The first-order valence-electron chi connectivity index (χ1n) is 8.47. The summed E-state index contributed by atoms with van der Waals surface area (Å²) < 4.78 is 2.22. The fraction of sp³-hybridized carbons (Fsp3) is 0.588. The summed E-state index contributed by atoms with van der Waals surface area (Å²) in [5.74, 6) is 1.27. The lowest BCUT2D eigenvalue weighted by Gasteiger charge is -2.23. The second kappa shape index (κ2) is 6.07. The smallest absolute Gasteiger partial charge is 0.223 e. The van der Waals surface area contributed by atoms with Gasteiger partial charge in [-0.3, -0.25) is 4.79 Å². The number of nitrogens with zero attached hydrogens (tertiary/aromatic N) is 3. The van der Waals surface area contributed by atoms with E-state index < -0.39 is 0 Å². The molecule has 3 heterocycles. The number of aryl methyl sites for hydroxylation is 3. The van der Waals surface area contributed by atoms with Gasteiger partial charge >= 0.3 is 0 Å². The van der Waals surface area contributed by atoms with E-state index in [-0.39, 0.29) is 11.8 Å². The first-order chi connectivity index (χ1) is 11.2. The van der Waals surface area contributed by atoms with Crippen molar-refractivity contribution >= 4 is 17.2 Å². The highest BCUT2D eigenvalue weighted by molar-refractivity contribution is 7.11. The molecular weight excluding hydrogens is 308 g/mol. The molecule has 23 heavy (non-hydrogen) atoms. The maximum Gasteiger partial charge on any atom is 0.223 e. The van der Waals surface area contributed by atoms with E-state index >= 15 is 0 Å². The zero-order valence-corrected chi connectivity index (χ0v) is 14.3. The van der Waals surface area contributed by atoms with Crippen molar-refractivity contribution in [3.63, 3.8) is 0 Å². The molecule has 0 saturated heterocycles. The lowest BCUT2D eigenvalue weighted by atomic mass is 9.95. The third-order valence-electron chi connectivity index (χ3n) is 4.97. The number of rotatable bonds is 3. The number of thiazole rings is 1. The zero-order valence-electron chi connectivity index (χ0n) is 13.5. The molecule has 0 fully saturated rings. The van der Waals surface area contributed by atoms with E-state index in [1.54, 1.807) is 11.3 Å². The van der Waals surface area contributed by atoms with E-state index in [0.29, 0.717) is 6.54 Å². The first-order valence-corrected chi connectivity index (χ1v) is 9.28. The fourth-order valence-corrected chi connectivity index (χ4v) is 4.73. The Labute approximate surface area is 140 Å². The van der Waals surface area contributed by atoms with Crippen LogP contribution in [0.4, 0.5) is 0 Å². The first kappa shape index (κ1) is 14.9. The van der Waals surface area contributed by atoms with E-state index in [2.05, 4.69) is 14.9 Å². The predicted molar refractivity (Wildman–Crippen MR) is 89.4 cm³/mol. The van der Waals surface area contributed by atoms with Gasteiger partial charge in [0.05, 0.1) is 12.2 Å². The Morgan fingerprint density at radius 2 is 2.30 bits per heavy atom. The van der Waals surface area contributed by atoms with Crippen molar-refractivity contribution in [1.82, 2.24) is 19.9 Å². The van der Waals surface area contributed by atoms with Gasteiger partial charge in [0, 0.05) is 35.7 Å². The molecule has 5 nitrogen and oxygen atoms in total. The highest BCUT2D eigenvalue weighted by atomic mass is 32.1. The Kier molecular flexibility index (Phi) is 3.93. The molecule has 0 spiro atoms. The monoisotopic (exact) mass is 330 g/mol. The predicted octanol–water partition coefficient (Wildman–Crippen LogP) is 2.41. The van der Waals surface area contributed by atoms with Crippen LogP contribution >= 0.6 is 11.3 Å². The summed E-state index contributed by atoms with van der Waals surface area (Å²) in [6.07, 6.45) is 8.38. The number of amides is 1. The minimum Gasteiger partial charge on any atom is -0.349 e. The van der Waals surface area contributed by atoms with Crippen molar-refractivity contribution in [2.45, 2.75) is 58.5 Å². The van der Waals surface area contributed by atoms with Crippen LogP contribution in [0.15, 0.2) is 6.20 Å². The molecule has 1 aliphatic carbocycles. The van der Waals surface area contributed by atoms with Crippen LogP contribution in [0, 0.1) is 12.8 Å². The Morgan fingerprint density at radius 1 is 1.43 bits per heavy atom. The number of imidazole rings is 1. The van der Waals surface area contributed by atoms with Gasteiger partial charge in [-0.25, -0.2) is 9.97 Å².